The minimum atomic E-state index is 0.912. The Labute approximate surface area is 293 Å². The standard InChI is InChI=1S/C46H25NOS2/c1-2-12-27-25-38-36(23-26(27)11-1)35-24-28(21-22-37(35)48-38)41-29-13-3-5-15-31(29)42(32-16-6-4-14-30(32)41)47-43-33-17-7-9-19-39(33)49-45(43)46-44(47)34-18-8-10-20-40(34)50-46/h1-25H. The number of aromatic nitrogens is 1. The van der Waals surface area contributed by atoms with Gasteiger partial charge in [-0.25, -0.2) is 0 Å². The van der Waals surface area contributed by atoms with E-state index in [1.807, 2.05) is 22.7 Å². The molecule has 0 aliphatic carbocycles. The van der Waals surface area contributed by atoms with Gasteiger partial charge in [0.15, 0.2) is 0 Å². The van der Waals surface area contributed by atoms with Crippen LogP contribution in [0, 0.1) is 0 Å². The van der Waals surface area contributed by atoms with Gasteiger partial charge in [0, 0.05) is 41.7 Å². The van der Waals surface area contributed by atoms with E-state index in [0.29, 0.717) is 0 Å². The van der Waals surface area contributed by atoms with Crippen LogP contribution in [0.4, 0.5) is 0 Å². The largest absolute Gasteiger partial charge is 0.456 e. The van der Waals surface area contributed by atoms with E-state index in [9.17, 15) is 0 Å². The van der Waals surface area contributed by atoms with Gasteiger partial charge in [0.1, 0.15) is 11.2 Å². The molecule has 4 heterocycles. The first-order chi connectivity index (χ1) is 24.8. The molecule has 0 fully saturated rings. The lowest BCUT2D eigenvalue weighted by molar-refractivity contribution is 0.669. The number of hydrogen-bond acceptors (Lipinski definition) is 3. The molecule has 0 spiro atoms. The summed E-state index contributed by atoms with van der Waals surface area (Å²) in [4.78, 5) is 0. The second-order valence-corrected chi connectivity index (χ2v) is 15.3. The van der Waals surface area contributed by atoms with Crippen molar-refractivity contribution in [2.75, 3.05) is 0 Å². The zero-order valence-electron chi connectivity index (χ0n) is 26.6. The van der Waals surface area contributed by atoms with E-state index in [1.54, 1.807) is 0 Å². The van der Waals surface area contributed by atoms with E-state index in [4.69, 9.17) is 4.42 Å². The van der Waals surface area contributed by atoms with Crippen LogP contribution >= 0.6 is 22.7 Å². The normalized spacial score (nSPS) is 12.4. The maximum atomic E-state index is 6.43. The number of benzene rings is 8. The number of fused-ring (bicyclic) bond motifs is 13. The molecule has 4 heteroatoms. The summed E-state index contributed by atoms with van der Waals surface area (Å²) >= 11 is 3.83. The molecule has 2 nitrogen and oxygen atoms in total. The lowest BCUT2D eigenvalue weighted by Gasteiger charge is -2.19. The Morgan fingerprint density at radius 1 is 0.400 bits per heavy atom. The van der Waals surface area contributed by atoms with E-state index < -0.39 is 0 Å². The highest BCUT2D eigenvalue weighted by Crippen LogP contribution is 2.51. The van der Waals surface area contributed by atoms with E-state index in [1.165, 1.54) is 89.7 Å². The molecular weight excluding hydrogens is 647 g/mol. The summed E-state index contributed by atoms with van der Waals surface area (Å²) in [7, 11) is 0. The van der Waals surface area contributed by atoms with Crippen molar-refractivity contribution in [1.29, 1.82) is 0 Å². The van der Waals surface area contributed by atoms with Crippen molar-refractivity contribution in [3.63, 3.8) is 0 Å². The average Bonchev–Trinajstić information content (AvgIpc) is 3.91. The molecule has 0 radical (unpaired) electrons. The van der Waals surface area contributed by atoms with Gasteiger partial charge >= 0.3 is 0 Å². The quantitative estimate of drug-likeness (QED) is 0.167. The Kier molecular flexibility index (Phi) is 5.29. The molecule has 0 amide bonds. The average molecular weight is 672 g/mol. The minimum Gasteiger partial charge on any atom is -0.456 e. The van der Waals surface area contributed by atoms with Crippen molar-refractivity contribution in [3.05, 3.63) is 152 Å². The van der Waals surface area contributed by atoms with E-state index in [-0.39, 0.29) is 0 Å². The molecule has 0 saturated carbocycles. The molecule has 0 aliphatic heterocycles. The van der Waals surface area contributed by atoms with Gasteiger partial charge in [-0.2, -0.15) is 0 Å². The smallest absolute Gasteiger partial charge is 0.136 e. The minimum absolute atomic E-state index is 0.912. The highest BCUT2D eigenvalue weighted by Gasteiger charge is 2.25. The summed E-state index contributed by atoms with van der Waals surface area (Å²) in [5.74, 6) is 0. The van der Waals surface area contributed by atoms with Gasteiger partial charge in [-0.3, -0.25) is 0 Å². The fourth-order valence-corrected chi connectivity index (χ4v) is 10.9. The third-order valence-corrected chi connectivity index (χ3v) is 13.0. The zero-order valence-corrected chi connectivity index (χ0v) is 28.2. The Hall–Kier alpha value is -5.94. The van der Waals surface area contributed by atoms with Crippen LogP contribution in [0.3, 0.4) is 0 Å². The maximum Gasteiger partial charge on any atom is 0.136 e. The summed E-state index contributed by atoms with van der Waals surface area (Å²) < 4.78 is 14.4. The van der Waals surface area contributed by atoms with Crippen molar-refractivity contribution in [3.8, 4) is 16.8 Å². The van der Waals surface area contributed by atoms with E-state index in [0.717, 1.165) is 21.9 Å². The lowest BCUT2D eigenvalue weighted by Crippen LogP contribution is -1.99. The third kappa shape index (κ3) is 3.51. The molecule has 232 valence electrons. The van der Waals surface area contributed by atoms with Gasteiger partial charge in [-0.05, 0) is 69.1 Å². The van der Waals surface area contributed by atoms with E-state index >= 15 is 0 Å². The molecule has 0 aliphatic rings. The monoisotopic (exact) mass is 671 g/mol. The van der Waals surface area contributed by atoms with Crippen LogP contribution in [0.5, 0.6) is 0 Å². The molecule has 12 aromatic rings. The Morgan fingerprint density at radius 3 is 1.52 bits per heavy atom. The Morgan fingerprint density at radius 2 is 0.900 bits per heavy atom. The fraction of sp³-hybridized carbons (Fsp3) is 0. The van der Waals surface area contributed by atoms with Gasteiger partial charge < -0.3 is 8.98 Å². The number of hydrogen-bond donors (Lipinski definition) is 0. The molecule has 8 aromatic carbocycles. The van der Waals surface area contributed by atoms with E-state index in [2.05, 4.69) is 156 Å². The Bertz CT molecular complexity index is 3240. The number of furan rings is 1. The van der Waals surface area contributed by atoms with Crippen LogP contribution in [-0.2, 0) is 0 Å². The van der Waals surface area contributed by atoms with Gasteiger partial charge in [-0.1, -0.05) is 115 Å². The van der Waals surface area contributed by atoms with Crippen molar-refractivity contribution >= 4 is 118 Å². The summed E-state index contributed by atoms with van der Waals surface area (Å²) in [5, 5.41) is 12.3. The molecule has 0 bridgehead atoms. The summed E-state index contributed by atoms with van der Waals surface area (Å²) in [6.07, 6.45) is 0. The van der Waals surface area contributed by atoms with Crippen molar-refractivity contribution in [2.45, 2.75) is 0 Å². The SMILES string of the molecule is c1ccc2cc3c(cc2c1)oc1ccc(-c2c4ccccc4c(-n4c5c6ccccc6sc5c5sc6ccccc6c54)c4ccccc24)cc13. The summed E-state index contributed by atoms with van der Waals surface area (Å²) in [6, 6.07) is 55.5. The van der Waals surface area contributed by atoms with Gasteiger partial charge in [0.05, 0.1) is 26.1 Å². The topological polar surface area (TPSA) is 18.1 Å². The van der Waals surface area contributed by atoms with Crippen LogP contribution < -0.4 is 0 Å². The molecule has 50 heavy (non-hydrogen) atoms. The molecule has 0 atom stereocenters. The maximum absolute atomic E-state index is 6.43. The molecular formula is C46H25NOS2. The highest BCUT2D eigenvalue weighted by atomic mass is 32.1. The predicted molar refractivity (Wildman–Crippen MR) is 217 cm³/mol. The number of nitrogens with zero attached hydrogens (tertiary/aromatic N) is 1. The predicted octanol–water partition coefficient (Wildman–Crippen LogP) is 14.2. The first-order valence-corrected chi connectivity index (χ1v) is 18.6. The van der Waals surface area contributed by atoms with Crippen LogP contribution in [0.2, 0.25) is 0 Å². The fourth-order valence-electron chi connectivity index (χ4n) is 8.43. The van der Waals surface area contributed by atoms with Crippen LogP contribution in [0.1, 0.15) is 0 Å². The van der Waals surface area contributed by atoms with Crippen LogP contribution in [-0.4, -0.2) is 4.57 Å². The number of rotatable bonds is 2. The third-order valence-electron chi connectivity index (χ3n) is 10.5. The highest BCUT2D eigenvalue weighted by molar-refractivity contribution is 7.33. The lowest BCUT2D eigenvalue weighted by atomic mass is 9.89. The van der Waals surface area contributed by atoms with Crippen LogP contribution in [0.15, 0.2) is 156 Å². The first kappa shape index (κ1) is 26.9. The molecule has 0 saturated heterocycles. The number of thiophene rings is 2. The van der Waals surface area contributed by atoms with Gasteiger partial charge in [0.25, 0.3) is 0 Å². The summed E-state index contributed by atoms with van der Waals surface area (Å²) in [6.45, 7) is 0. The second-order valence-electron chi connectivity index (χ2n) is 13.2. The van der Waals surface area contributed by atoms with Crippen molar-refractivity contribution < 1.29 is 4.42 Å². The van der Waals surface area contributed by atoms with Gasteiger partial charge in [0.2, 0.25) is 0 Å². The van der Waals surface area contributed by atoms with Crippen molar-refractivity contribution in [2.24, 2.45) is 0 Å². The molecule has 12 rings (SSSR count). The van der Waals surface area contributed by atoms with Crippen LogP contribution in [0.25, 0.3) is 112 Å². The molecule has 0 unspecified atom stereocenters. The second kappa shape index (κ2) is 9.82. The first-order valence-electron chi connectivity index (χ1n) is 16.9. The zero-order chi connectivity index (χ0) is 32.5. The molecule has 4 aromatic heterocycles. The van der Waals surface area contributed by atoms with Gasteiger partial charge in [-0.15, -0.1) is 22.7 Å². The Balaban J connectivity index is 1.24. The summed E-state index contributed by atoms with van der Waals surface area (Å²) in [5.41, 5.74) is 8.13. The molecule has 0 N–H and O–H groups in total. The van der Waals surface area contributed by atoms with Crippen molar-refractivity contribution in [1.82, 2.24) is 4.57 Å².